The summed E-state index contributed by atoms with van der Waals surface area (Å²) in [6.07, 6.45) is 8.31. The first-order valence-corrected chi connectivity index (χ1v) is 6.58. The second-order valence-corrected chi connectivity index (χ2v) is 5.79. The lowest BCUT2D eigenvalue weighted by atomic mass is 9.69. The summed E-state index contributed by atoms with van der Waals surface area (Å²) in [5, 5.41) is 9.28. The van der Waals surface area contributed by atoms with E-state index in [1.165, 1.54) is 24.8 Å². The van der Waals surface area contributed by atoms with Gasteiger partial charge >= 0.3 is 0 Å². The van der Waals surface area contributed by atoms with Gasteiger partial charge in [0.2, 0.25) is 0 Å². The van der Waals surface area contributed by atoms with Crippen molar-refractivity contribution in [2.45, 2.75) is 52.9 Å². The zero-order valence-corrected chi connectivity index (χ0v) is 10.8. The molecule has 1 N–H and O–H groups in total. The van der Waals surface area contributed by atoms with Crippen molar-refractivity contribution in [3.63, 3.8) is 0 Å². The predicted octanol–water partition coefficient (Wildman–Crippen LogP) is 3.84. The summed E-state index contributed by atoms with van der Waals surface area (Å²) in [5.41, 5.74) is 5.00. The van der Waals surface area contributed by atoms with Crippen LogP contribution in [0.5, 0.6) is 0 Å². The maximum atomic E-state index is 9.28. The first-order chi connectivity index (χ1) is 7.60. The van der Waals surface area contributed by atoms with E-state index < -0.39 is 0 Å². The molecule has 0 amide bonds. The summed E-state index contributed by atoms with van der Waals surface area (Å²) in [7, 11) is 0. The molecule has 0 aliphatic heterocycles. The first kappa shape index (κ1) is 11.9. The highest BCUT2D eigenvalue weighted by molar-refractivity contribution is 5.32. The molecular formula is C15H24O. The summed E-state index contributed by atoms with van der Waals surface area (Å²) < 4.78 is 0. The molecule has 0 heterocycles. The van der Waals surface area contributed by atoms with Gasteiger partial charge in [0.05, 0.1) is 6.61 Å². The fourth-order valence-corrected chi connectivity index (χ4v) is 3.56. The van der Waals surface area contributed by atoms with E-state index in [4.69, 9.17) is 0 Å². The molecule has 0 saturated heterocycles. The fraction of sp³-hybridized carbons (Fsp3) is 0.733. The van der Waals surface area contributed by atoms with Crippen LogP contribution in [0.1, 0.15) is 52.9 Å². The van der Waals surface area contributed by atoms with E-state index in [1.54, 1.807) is 11.1 Å². The van der Waals surface area contributed by atoms with Gasteiger partial charge in [0.15, 0.2) is 0 Å². The van der Waals surface area contributed by atoms with Crippen molar-refractivity contribution in [1.29, 1.82) is 0 Å². The van der Waals surface area contributed by atoms with E-state index in [2.05, 4.69) is 26.8 Å². The molecule has 2 aliphatic rings. The third kappa shape index (κ3) is 1.75. The van der Waals surface area contributed by atoms with Crippen LogP contribution >= 0.6 is 0 Å². The molecule has 1 heteroatoms. The summed E-state index contributed by atoms with van der Waals surface area (Å²) in [6.45, 7) is 7.27. The van der Waals surface area contributed by atoms with Gasteiger partial charge in [-0.15, -0.1) is 0 Å². The zero-order chi connectivity index (χ0) is 11.8. The Morgan fingerprint density at radius 1 is 1.31 bits per heavy atom. The Hall–Kier alpha value is -0.560. The van der Waals surface area contributed by atoms with E-state index in [0.717, 1.165) is 12.8 Å². The van der Waals surface area contributed by atoms with Crippen molar-refractivity contribution in [1.82, 2.24) is 0 Å². The Bertz CT molecular complexity index is 335. The molecule has 0 saturated carbocycles. The number of hydrogen-bond acceptors (Lipinski definition) is 1. The van der Waals surface area contributed by atoms with E-state index in [0.29, 0.717) is 11.3 Å². The molecule has 90 valence electrons. The van der Waals surface area contributed by atoms with Gasteiger partial charge in [-0.05, 0) is 55.9 Å². The Morgan fingerprint density at radius 2 is 2.06 bits per heavy atom. The van der Waals surface area contributed by atoms with E-state index in [9.17, 15) is 5.11 Å². The van der Waals surface area contributed by atoms with Crippen LogP contribution in [0.4, 0.5) is 0 Å². The molecule has 1 unspecified atom stereocenters. The lowest BCUT2D eigenvalue weighted by Gasteiger charge is -2.35. The minimum atomic E-state index is 0.250. The molecule has 1 nitrogen and oxygen atoms in total. The highest BCUT2D eigenvalue weighted by atomic mass is 16.3. The Labute approximate surface area is 99.3 Å². The molecule has 2 rings (SSSR count). The molecule has 16 heavy (non-hydrogen) atoms. The van der Waals surface area contributed by atoms with E-state index in [-0.39, 0.29) is 6.61 Å². The van der Waals surface area contributed by atoms with Crippen molar-refractivity contribution >= 4 is 0 Å². The standard InChI is InChI=1S/C15H24O/c1-11(2)15-8-6-12(3)14(15)5-4-13(10-16)7-9-15/h7,11,16H,4-6,8-10H2,1-3H3. The molecule has 0 aromatic heterocycles. The maximum absolute atomic E-state index is 9.28. The summed E-state index contributed by atoms with van der Waals surface area (Å²) in [5.74, 6) is 0.717. The molecule has 1 atom stereocenters. The summed E-state index contributed by atoms with van der Waals surface area (Å²) >= 11 is 0. The topological polar surface area (TPSA) is 20.2 Å². The van der Waals surface area contributed by atoms with E-state index in [1.807, 2.05) is 0 Å². The molecular weight excluding hydrogens is 196 g/mol. The van der Waals surface area contributed by atoms with Gasteiger partial charge in [-0.1, -0.05) is 31.1 Å². The number of allylic oxidation sites excluding steroid dienone is 3. The van der Waals surface area contributed by atoms with Crippen molar-refractivity contribution in [3.05, 3.63) is 22.8 Å². The lowest BCUT2D eigenvalue weighted by molar-refractivity contribution is 0.242. The van der Waals surface area contributed by atoms with Crippen LogP contribution < -0.4 is 0 Å². The number of aliphatic hydroxyl groups excluding tert-OH is 1. The molecule has 0 spiro atoms. The van der Waals surface area contributed by atoms with Crippen LogP contribution in [-0.4, -0.2) is 11.7 Å². The minimum Gasteiger partial charge on any atom is -0.392 e. The smallest absolute Gasteiger partial charge is 0.0641 e. The normalized spacial score (nSPS) is 30.4. The van der Waals surface area contributed by atoms with Crippen molar-refractivity contribution < 1.29 is 5.11 Å². The Morgan fingerprint density at radius 3 is 2.69 bits per heavy atom. The minimum absolute atomic E-state index is 0.250. The maximum Gasteiger partial charge on any atom is 0.0641 e. The predicted molar refractivity (Wildman–Crippen MR) is 68.2 cm³/mol. The lowest BCUT2D eigenvalue weighted by Crippen LogP contribution is -2.26. The molecule has 0 bridgehead atoms. The molecule has 2 aliphatic carbocycles. The van der Waals surface area contributed by atoms with Crippen LogP contribution in [0, 0.1) is 11.3 Å². The van der Waals surface area contributed by atoms with Gasteiger partial charge in [-0.2, -0.15) is 0 Å². The van der Waals surface area contributed by atoms with Crippen LogP contribution in [0.3, 0.4) is 0 Å². The quantitative estimate of drug-likeness (QED) is 0.701. The van der Waals surface area contributed by atoms with Gasteiger partial charge in [0.25, 0.3) is 0 Å². The Kier molecular flexibility index (Phi) is 3.25. The molecule has 0 aromatic carbocycles. The number of fused-ring (bicyclic) bond motifs is 1. The summed E-state index contributed by atoms with van der Waals surface area (Å²) in [4.78, 5) is 0. The van der Waals surface area contributed by atoms with Crippen LogP contribution in [0.15, 0.2) is 22.8 Å². The SMILES string of the molecule is CC1=C2CCC(CO)=CCC2(C(C)C)CC1. The highest BCUT2D eigenvalue weighted by Gasteiger charge is 2.41. The van der Waals surface area contributed by atoms with Crippen molar-refractivity contribution in [3.8, 4) is 0 Å². The van der Waals surface area contributed by atoms with Crippen LogP contribution in [0.25, 0.3) is 0 Å². The second-order valence-electron chi connectivity index (χ2n) is 5.79. The first-order valence-electron chi connectivity index (χ1n) is 6.58. The second kappa shape index (κ2) is 4.37. The van der Waals surface area contributed by atoms with E-state index >= 15 is 0 Å². The van der Waals surface area contributed by atoms with Crippen molar-refractivity contribution in [2.75, 3.05) is 6.61 Å². The molecule has 0 fully saturated rings. The van der Waals surface area contributed by atoms with Crippen LogP contribution in [-0.2, 0) is 0 Å². The monoisotopic (exact) mass is 220 g/mol. The molecule has 0 aromatic rings. The number of hydrogen-bond donors (Lipinski definition) is 1. The number of rotatable bonds is 2. The summed E-state index contributed by atoms with van der Waals surface area (Å²) in [6, 6.07) is 0. The molecule has 0 radical (unpaired) electrons. The largest absolute Gasteiger partial charge is 0.392 e. The van der Waals surface area contributed by atoms with Gasteiger partial charge in [-0.3, -0.25) is 0 Å². The van der Waals surface area contributed by atoms with Gasteiger partial charge < -0.3 is 5.11 Å². The zero-order valence-electron chi connectivity index (χ0n) is 10.8. The third-order valence-electron chi connectivity index (χ3n) is 4.82. The highest BCUT2D eigenvalue weighted by Crippen LogP contribution is 2.54. The van der Waals surface area contributed by atoms with Gasteiger partial charge in [0, 0.05) is 0 Å². The third-order valence-corrected chi connectivity index (χ3v) is 4.82. The fourth-order valence-electron chi connectivity index (χ4n) is 3.56. The van der Waals surface area contributed by atoms with Crippen molar-refractivity contribution in [2.24, 2.45) is 11.3 Å². The number of aliphatic hydroxyl groups is 1. The van der Waals surface area contributed by atoms with Gasteiger partial charge in [-0.25, -0.2) is 0 Å². The average Bonchev–Trinajstić information content (AvgIpc) is 2.48. The Balaban J connectivity index is 2.35. The van der Waals surface area contributed by atoms with Gasteiger partial charge in [0.1, 0.15) is 0 Å². The average molecular weight is 220 g/mol. The van der Waals surface area contributed by atoms with Crippen LogP contribution in [0.2, 0.25) is 0 Å².